The molecule has 0 saturated heterocycles. The lowest BCUT2D eigenvalue weighted by atomic mass is 10.0. The molecule has 1 aliphatic rings. The van der Waals surface area contributed by atoms with E-state index in [1.165, 1.54) is 0 Å². The van der Waals surface area contributed by atoms with Crippen molar-refractivity contribution in [3.63, 3.8) is 0 Å². The highest BCUT2D eigenvalue weighted by molar-refractivity contribution is 7.08. The second-order valence-corrected chi connectivity index (χ2v) is 6.70. The fourth-order valence-corrected chi connectivity index (χ4v) is 3.72. The van der Waals surface area contributed by atoms with Crippen molar-refractivity contribution in [1.29, 1.82) is 0 Å². The molecule has 0 bridgehead atoms. The molecule has 0 radical (unpaired) electrons. The molecule has 0 atom stereocenters. The molecule has 4 rings (SSSR count). The summed E-state index contributed by atoms with van der Waals surface area (Å²) in [6.07, 6.45) is 1.22. The van der Waals surface area contributed by atoms with Crippen LogP contribution >= 0.6 is 11.3 Å². The smallest absolute Gasteiger partial charge is 0.278 e. The lowest BCUT2D eigenvalue weighted by Gasteiger charge is -2.27. The predicted molar refractivity (Wildman–Crippen MR) is 88.4 cm³/mol. The van der Waals surface area contributed by atoms with Crippen LogP contribution in [0.5, 0.6) is 0 Å². The molecule has 4 heterocycles. The average Bonchev–Trinajstić information content (AvgIpc) is 3.29. The van der Waals surface area contributed by atoms with Crippen LogP contribution in [-0.2, 0) is 31.2 Å². The highest BCUT2D eigenvalue weighted by atomic mass is 32.1. The van der Waals surface area contributed by atoms with Crippen molar-refractivity contribution < 1.29 is 9.32 Å². The Morgan fingerprint density at radius 1 is 1.46 bits per heavy atom. The largest absolute Gasteiger partial charge is 0.338 e. The number of hydrogen-bond acceptors (Lipinski definition) is 6. The molecule has 3 aromatic rings. The minimum absolute atomic E-state index is 0.135. The molecule has 8 heteroatoms. The van der Waals surface area contributed by atoms with Gasteiger partial charge in [-0.25, -0.2) is 0 Å². The van der Waals surface area contributed by atoms with Gasteiger partial charge in [-0.05, 0) is 29.3 Å². The number of amides is 1. The van der Waals surface area contributed by atoms with Gasteiger partial charge in [-0.2, -0.15) is 21.4 Å². The summed E-state index contributed by atoms with van der Waals surface area (Å²) in [5.74, 6) is 1.12. The number of nitrogens with zero attached hydrogens (tertiary/aromatic N) is 5. The van der Waals surface area contributed by atoms with Gasteiger partial charge in [0.1, 0.15) is 0 Å². The van der Waals surface area contributed by atoms with Crippen LogP contribution in [0.25, 0.3) is 11.6 Å². The van der Waals surface area contributed by atoms with Crippen molar-refractivity contribution in [2.75, 3.05) is 6.54 Å². The molecule has 0 aromatic carbocycles. The lowest BCUT2D eigenvalue weighted by Crippen LogP contribution is -2.37. The number of rotatable bonds is 3. The van der Waals surface area contributed by atoms with Crippen molar-refractivity contribution in [3.8, 4) is 11.6 Å². The van der Waals surface area contributed by atoms with Crippen molar-refractivity contribution in [2.24, 2.45) is 7.05 Å². The number of thiophene rings is 1. The van der Waals surface area contributed by atoms with Crippen LogP contribution in [0.15, 0.2) is 21.3 Å². The first-order valence-electron chi connectivity index (χ1n) is 7.76. The SMILES string of the molecule is Cc1noc(-c2nn(C)c3c2CN(C(=O)Cc2ccsc2)CC3)n1. The zero-order valence-electron chi connectivity index (χ0n) is 13.5. The summed E-state index contributed by atoms with van der Waals surface area (Å²) in [4.78, 5) is 18.7. The van der Waals surface area contributed by atoms with Gasteiger partial charge in [0.15, 0.2) is 11.5 Å². The molecule has 0 N–H and O–H groups in total. The summed E-state index contributed by atoms with van der Waals surface area (Å²) in [5, 5.41) is 12.4. The van der Waals surface area contributed by atoms with Gasteiger partial charge in [-0.15, -0.1) is 0 Å². The van der Waals surface area contributed by atoms with Crippen LogP contribution in [0.2, 0.25) is 0 Å². The molecule has 0 aliphatic carbocycles. The summed E-state index contributed by atoms with van der Waals surface area (Å²) in [6, 6.07) is 1.99. The van der Waals surface area contributed by atoms with E-state index in [4.69, 9.17) is 4.52 Å². The second-order valence-electron chi connectivity index (χ2n) is 5.92. The van der Waals surface area contributed by atoms with Crippen LogP contribution < -0.4 is 0 Å². The molecular weight excluding hydrogens is 326 g/mol. The number of aryl methyl sites for hydroxylation is 2. The molecule has 0 spiro atoms. The highest BCUT2D eigenvalue weighted by Gasteiger charge is 2.29. The molecular formula is C16H17N5O2S. The van der Waals surface area contributed by atoms with E-state index in [0.29, 0.717) is 36.9 Å². The van der Waals surface area contributed by atoms with Gasteiger partial charge in [0.2, 0.25) is 5.91 Å². The van der Waals surface area contributed by atoms with Gasteiger partial charge in [-0.1, -0.05) is 5.16 Å². The van der Waals surface area contributed by atoms with Gasteiger partial charge in [0.05, 0.1) is 6.42 Å². The lowest BCUT2D eigenvalue weighted by molar-refractivity contribution is -0.131. The summed E-state index contributed by atoms with van der Waals surface area (Å²) < 4.78 is 7.12. The van der Waals surface area contributed by atoms with Crippen LogP contribution in [0, 0.1) is 6.92 Å². The third-order valence-corrected chi connectivity index (χ3v) is 4.99. The van der Waals surface area contributed by atoms with Gasteiger partial charge in [0.25, 0.3) is 5.89 Å². The first-order valence-corrected chi connectivity index (χ1v) is 8.70. The molecule has 1 amide bonds. The monoisotopic (exact) mass is 343 g/mol. The molecule has 0 saturated carbocycles. The maximum Gasteiger partial charge on any atom is 0.278 e. The maximum absolute atomic E-state index is 12.6. The van der Waals surface area contributed by atoms with Crippen molar-refractivity contribution in [3.05, 3.63) is 39.5 Å². The third-order valence-electron chi connectivity index (χ3n) is 4.26. The first-order chi connectivity index (χ1) is 11.6. The normalized spacial score (nSPS) is 14.0. The number of fused-ring (bicyclic) bond motifs is 1. The van der Waals surface area contributed by atoms with E-state index in [-0.39, 0.29) is 5.91 Å². The van der Waals surface area contributed by atoms with Crippen LogP contribution in [-0.4, -0.2) is 37.3 Å². The molecule has 7 nitrogen and oxygen atoms in total. The molecule has 124 valence electrons. The number of hydrogen-bond donors (Lipinski definition) is 0. The van der Waals surface area contributed by atoms with Crippen LogP contribution in [0.1, 0.15) is 22.6 Å². The number of carbonyl (C=O) groups is 1. The zero-order valence-corrected chi connectivity index (χ0v) is 14.3. The van der Waals surface area contributed by atoms with Crippen molar-refractivity contribution in [1.82, 2.24) is 24.8 Å². The third kappa shape index (κ3) is 2.62. The first kappa shape index (κ1) is 15.1. The second kappa shape index (κ2) is 5.86. The Morgan fingerprint density at radius 2 is 2.33 bits per heavy atom. The minimum atomic E-state index is 0.135. The quantitative estimate of drug-likeness (QED) is 0.727. The van der Waals surface area contributed by atoms with E-state index < -0.39 is 0 Å². The summed E-state index contributed by atoms with van der Waals surface area (Å²) in [7, 11) is 1.91. The van der Waals surface area contributed by atoms with Gasteiger partial charge >= 0.3 is 0 Å². The summed E-state index contributed by atoms with van der Waals surface area (Å²) >= 11 is 1.61. The number of aromatic nitrogens is 4. The van der Waals surface area contributed by atoms with Crippen LogP contribution in [0.4, 0.5) is 0 Å². The summed E-state index contributed by atoms with van der Waals surface area (Å²) in [6.45, 7) is 3.01. The predicted octanol–water partition coefficient (Wildman–Crippen LogP) is 1.97. The van der Waals surface area contributed by atoms with E-state index >= 15 is 0 Å². The fourth-order valence-electron chi connectivity index (χ4n) is 3.05. The Morgan fingerprint density at radius 3 is 3.04 bits per heavy atom. The average molecular weight is 343 g/mol. The van der Waals surface area contributed by atoms with E-state index in [1.54, 1.807) is 18.3 Å². The Hall–Kier alpha value is -2.48. The van der Waals surface area contributed by atoms with Gasteiger partial charge in [0, 0.05) is 37.8 Å². The summed E-state index contributed by atoms with van der Waals surface area (Å²) in [5.41, 5.74) is 3.88. The Balaban J connectivity index is 1.61. The van der Waals surface area contributed by atoms with Gasteiger partial charge in [-0.3, -0.25) is 9.48 Å². The standard InChI is InChI=1S/C16H17N5O2S/c1-10-17-16(23-19-10)15-12-8-21(5-3-13(12)20(2)18-15)14(22)7-11-4-6-24-9-11/h4,6,9H,3,5,7-8H2,1-2H3. The number of carbonyl (C=O) groups excluding carboxylic acids is 1. The molecule has 0 unspecified atom stereocenters. The Kier molecular flexibility index (Phi) is 3.68. The van der Waals surface area contributed by atoms with Crippen molar-refractivity contribution in [2.45, 2.75) is 26.3 Å². The van der Waals surface area contributed by atoms with Crippen LogP contribution in [0.3, 0.4) is 0 Å². The molecule has 24 heavy (non-hydrogen) atoms. The van der Waals surface area contributed by atoms with E-state index in [2.05, 4.69) is 15.2 Å². The van der Waals surface area contributed by atoms with E-state index in [9.17, 15) is 4.79 Å². The molecule has 1 aliphatic heterocycles. The van der Waals surface area contributed by atoms with E-state index in [1.807, 2.05) is 33.5 Å². The van der Waals surface area contributed by atoms with Gasteiger partial charge < -0.3 is 9.42 Å². The topological polar surface area (TPSA) is 77.0 Å². The fraction of sp³-hybridized carbons (Fsp3) is 0.375. The highest BCUT2D eigenvalue weighted by Crippen LogP contribution is 2.29. The van der Waals surface area contributed by atoms with Crippen molar-refractivity contribution >= 4 is 17.2 Å². The molecule has 0 fully saturated rings. The Bertz CT molecular complexity index is 881. The Labute approximate surface area is 142 Å². The minimum Gasteiger partial charge on any atom is -0.338 e. The maximum atomic E-state index is 12.6. The molecule has 3 aromatic heterocycles. The zero-order chi connectivity index (χ0) is 16.7. The van der Waals surface area contributed by atoms with E-state index in [0.717, 1.165) is 23.2 Å².